The Hall–Kier alpha value is -1.56. The largest absolute Gasteiger partial charge is 0.354 e. The number of rotatable bonds is 6. The fourth-order valence-electron chi connectivity index (χ4n) is 2.49. The SMILES string of the molecule is CNC(C)CNC(=O)Cc1c(C)nn(-c2ccc(C)c(Cl)c2)c1C.Cl. The molecule has 0 spiro atoms. The number of carbonyl (C=O) groups excluding carboxylic acids is 1. The second-order valence-corrected chi connectivity index (χ2v) is 6.57. The first-order valence-electron chi connectivity index (χ1n) is 8.09. The highest BCUT2D eigenvalue weighted by atomic mass is 35.5. The minimum atomic E-state index is 0. The van der Waals surface area contributed by atoms with E-state index in [0.717, 1.165) is 28.2 Å². The van der Waals surface area contributed by atoms with Crippen LogP contribution in [0.3, 0.4) is 0 Å². The Bertz CT molecular complexity index is 743. The molecular weight excluding hydrogens is 359 g/mol. The van der Waals surface area contributed by atoms with Gasteiger partial charge in [-0.3, -0.25) is 4.79 Å². The van der Waals surface area contributed by atoms with Crippen molar-refractivity contribution >= 4 is 29.9 Å². The van der Waals surface area contributed by atoms with Gasteiger partial charge < -0.3 is 10.6 Å². The van der Waals surface area contributed by atoms with Gasteiger partial charge >= 0.3 is 0 Å². The van der Waals surface area contributed by atoms with Crippen molar-refractivity contribution in [3.05, 3.63) is 45.7 Å². The molecule has 0 aliphatic heterocycles. The van der Waals surface area contributed by atoms with Gasteiger partial charge in [-0.05, 0) is 52.4 Å². The molecule has 0 aliphatic carbocycles. The van der Waals surface area contributed by atoms with Crippen LogP contribution < -0.4 is 10.6 Å². The maximum atomic E-state index is 12.2. The van der Waals surface area contributed by atoms with Crippen molar-refractivity contribution in [2.75, 3.05) is 13.6 Å². The van der Waals surface area contributed by atoms with E-state index in [0.29, 0.717) is 18.0 Å². The maximum Gasteiger partial charge on any atom is 0.224 e. The highest BCUT2D eigenvalue weighted by Crippen LogP contribution is 2.23. The van der Waals surface area contributed by atoms with Gasteiger partial charge in [0.1, 0.15) is 0 Å². The van der Waals surface area contributed by atoms with E-state index in [-0.39, 0.29) is 24.4 Å². The molecule has 138 valence electrons. The Labute approximate surface area is 160 Å². The van der Waals surface area contributed by atoms with E-state index in [4.69, 9.17) is 11.6 Å². The molecule has 0 bridgehead atoms. The van der Waals surface area contributed by atoms with Crippen molar-refractivity contribution in [1.29, 1.82) is 0 Å². The Morgan fingerprint density at radius 2 is 2.00 bits per heavy atom. The Morgan fingerprint density at radius 1 is 1.32 bits per heavy atom. The molecule has 1 aromatic carbocycles. The number of hydrogen-bond donors (Lipinski definition) is 2. The normalized spacial score (nSPS) is 11.8. The molecule has 1 heterocycles. The third kappa shape index (κ3) is 5.21. The van der Waals surface area contributed by atoms with Crippen LogP contribution in [0, 0.1) is 20.8 Å². The summed E-state index contributed by atoms with van der Waals surface area (Å²) in [5, 5.41) is 11.3. The van der Waals surface area contributed by atoms with Crippen LogP contribution in [0.4, 0.5) is 0 Å². The van der Waals surface area contributed by atoms with E-state index >= 15 is 0 Å². The number of hydrogen-bond acceptors (Lipinski definition) is 3. The van der Waals surface area contributed by atoms with E-state index in [9.17, 15) is 4.79 Å². The molecule has 2 aromatic rings. The average Bonchev–Trinajstić information content (AvgIpc) is 2.83. The zero-order valence-corrected chi connectivity index (χ0v) is 16.9. The summed E-state index contributed by atoms with van der Waals surface area (Å²) in [5.41, 5.74) is 4.72. The van der Waals surface area contributed by atoms with Crippen LogP contribution in [0.1, 0.15) is 29.4 Å². The van der Waals surface area contributed by atoms with Crippen molar-refractivity contribution in [2.24, 2.45) is 0 Å². The zero-order chi connectivity index (χ0) is 17.9. The lowest BCUT2D eigenvalue weighted by molar-refractivity contribution is -0.120. The van der Waals surface area contributed by atoms with Crippen LogP contribution in [0.15, 0.2) is 18.2 Å². The van der Waals surface area contributed by atoms with E-state index in [1.807, 2.05) is 57.6 Å². The molecule has 7 heteroatoms. The van der Waals surface area contributed by atoms with Gasteiger partial charge in [0, 0.05) is 28.9 Å². The summed E-state index contributed by atoms with van der Waals surface area (Å²) >= 11 is 6.22. The van der Waals surface area contributed by atoms with Gasteiger partial charge in [-0.2, -0.15) is 5.10 Å². The number of halogens is 2. The number of aromatic nitrogens is 2. The van der Waals surface area contributed by atoms with Crippen molar-refractivity contribution in [1.82, 2.24) is 20.4 Å². The average molecular weight is 385 g/mol. The summed E-state index contributed by atoms with van der Waals surface area (Å²) in [6, 6.07) is 6.10. The third-order valence-electron chi connectivity index (χ3n) is 4.28. The number of nitrogens with one attached hydrogen (secondary N) is 2. The van der Waals surface area contributed by atoms with Crippen LogP contribution in [0.5, 0.6) is 0 Å². The number of benzene rings is 1. The van der Waals surface area contributed by atoms with E-state index in [1.54, 1.807) is 0 Å². The first-order valence-corrected chi connectivity index (χ1v) is 8.46. The van der Waals surface area contributed by atoms with Crippen molar-refractivity contribution in [3.63, 3.8) is 0 Å². The number of likely N-dealkylation sites (N-methyl/N-ethyl adjacent to an activating group) is 1. The van der Waals surface area contributed by atoms with Gasteiger partial charge in [0.15, 0.2) is 0 Å². The van der Waals surface area contributed by atoms with Crippen LogP contribution in [0.2, 0.25) is 5.02 Å². The van der Waals surface area contributed by atoms with Crippen molar-refractivity contribution < 1.29 is 4.79 Å². The lowest BCUT2D eigenvalue weighted by Gasteiger charge is -2.11. The smallest absolute Gasteiger partial charge is 0.224 e. The minimum absolute atomic E-state index is 0. The molecule has 0 radical (unpaired) electrons. The monoisotopic (exact) mass is 384 g/mol. The topological polar surface area (TPSA) is 58.9 Å². The molecule has 1 unspecified atom stereocenters. The molecule has 2 N–H and O–H groups in total. The second kappa shape index (κ2) is 9.22. The number of carbonyl (C=O) groups is 1. The van der Waals surface area contributed by atoms with Gasteiger partial charge in [-0.15, -0.1) is 12.4 Å². The quantitative estimate of drug-likeness (QED) is 0.803. The van der Waals surface area contributed by atoms with Crippen LogP contribution in [-0.2, 0) is 11.2 Å². The molecule has 25 heavy (non-hydrogen) atoms. The van der Waals surface area contributed by atoms with Crippen LogP contribution in [0.25, 0.3) is 5.69 Å². The zero-order valence-electron chi connectivity index (χ0n) is 15.3. The van der Waals surface area contributed by atoms with Crippen molar-refractivity contribution in [2.45, 2.75) is 40.2 Å². The maximum absolute atomic E-state index is 12.2. The number of aryl methyl sites for hydroxylation is 2. The fraction of sp³-hybridized carbons (Fsp3) is 0.444. The Balaban J connectivity index is 0.00000312. The van der Waals surface area contributed by atoms with Gasteiger partial charge in [-0.25, -0.2) is 4.68 Å². The predicted octanol–water partition coefficient (Wildman–Crippen LogP) is 3.14. The van der Waals surface area contributed by atoms with E-state index in [2.05, 4.69) is 15.7 Å². The molecule has 0 saturated heterocycles. The second-order valence-electron chi connectivity index (χ2n) is 6.17. The van der Waals surface area contributed by atoms with Gasteiger partial charge in [-0.1, -0.05) is 17.7 Å². The first kappa shape index (κ1) is 21.5. The first-order chi connectivity index (χ1) is 11.3. The summed E-state index contributed by atoms with van der Waals surface area (Å²) in [4.78, 5) is 12.2. The highest BCUT2D eigenvalue weighted by molar-refractivity contribution is 6.31. The summed E-state index contributed by atoms with van der Waals surface area (Å²) < 4.78 is 1.85. The molecule has 0 fully saturated rings. The molecule has 1 amide bonds. The van der Waals surface area contributed by atoms with E-state index < -0.39 is 0 Å². The third-order valence-corrected chi connectivity index (χ3v) is 4.68. The fourth-order valence-corrected chi connectivity index (χ4v) is 2.66. The summed E-state index contributed by atoms with van der Waals surface area (Å²) in [5.74, 6) is 0.00443. The summed E-state index contributed by atoms with van der Waals surface area (Å²) in [7, 11) is 1.88. The van der Waals surface area contributed by atoms with Gasteiger partial charge in [0.2, 0.25) is 5.91 Å². The molecule has 0 saturated carbocycles. The standard InChI is InChI=1S/C18H25ClN4O.ClH/c1-11-6-7-15(8-17(11)19)23-14(4)16(13(3)22-23)9-18(24)21-10-12(2)20-5;/h6-8,12,20H,9-10H2,1-5H3,(H,21,24);1H. The Morgan fingerprint density at radius 3 is 2.60 bits per heavy atom. The van der Waals surface area contributed by atoms with Gasteiger partial charge in [0.05, 0.1) is 17.8 Å². The molecular formula is C18H26Cl2N4O. The number of amides is 1. The molecule has 5 nitrogen and oxygen atoms in total. The summed E-state index contributed by atoms with van der Waals surface area (Å²) in [6.45, 7) is 8.50. The predicted molar refractivity (Wildman–Crippen MR) is 105 cm³/mol. The molecule has 0 aliphatic rings. The van der Waals surface area contributed by atoms with E-state index in [1.165, 1.54) is 0 Å². The molecule has 1 aromatic heterocycles. The molecule has 1 atom stereocenters. The number of nitrogens with zero attached hydrogens (tertiary/aromatic N) is 2. The van der Waals surface area contributed by atoms with Gasteiger partial charge in [0.25, 0.3) is 0 Å². The van der Waals surface area contributed by atoms with Crippen molar-refractivity contribution in [3.8, 4) is 5.69 Å². The Kier molecular flexibility index (Phi) is 7.93. The minimum Gasteiger partial charge on any atom is -0.354 e. The van der Waals surface area contributed by atoms with Crippen LogP contribution >= 0.6 is 24.0 Å². The lowest BCUT2D eigenvalue weighted by Crippen LogP contribution is -2.37. The lowest BCUT2D eigenvalue weighted by atomic mass is 10.1. The molecule has 2 rings (SSSR count). The highest BCUT2D eigenvalue weighted by Gasteiger charge is 2.16. The van der Waals surface area contributed by atoms with Crippen LogP contribution in [-0.4, -0.2) is 35.3 Å². The summed E-state index contributed by atoms with van der Waals surface area (Å²) in [6.07, 6.45) is 0.327.